The zero-order valence-electron chi connectivity index (χ0n) is 10.3. The van der Waals surface area contributed by atoms with Crippen LogP contribution in [0.2, 0.25) is 0 Å². The minimum Gasteiger partial charge on any atom is -0.397 e. The number of para-hydroxylation sites is 1. The fraction of sp³-hybridized carbons (Fsp3) is 0.143. The number of rotatable bonds is 4. The molecule has 0 aliphatic heterocycles. The van der Waals surface area contributed by atoms with E-state index >= 15 is 0 Å². The van der Waals surface area contributed by atoms with Crippen molar-refractivity contribution in [3.05, 3.63) is 48.3 Å². The first-order chi connectivity index (χ1) is 9.22. The molecule has 1 aromatic carbocycles. The molecule has 2 rings (SSSR count). The summed E-state index contributed by atoms with van der Waals surface area (Å²) in [5.74, 6) is -0.196. The average Bonchev–Trinajstić information content (AvgIpc) is 2.87. The highest BCUT2D eigenvalue weighted by molar-refractivity contribution is 6.05. The maximum Gasteiger partial charge on any atom is 0.274 e. The van der Waals surface area contributed by atoms with Gasteiger partial charge in [-0.05, 0) is 18.2 Å². The largest absolute Gasteiger partial charge is 0.397 e. The zero-order chi connectivity index (χ0) is 13.7. The molecule has 0 radical (unpaired) electrons. The molecule has 3 N–H and O–H groups in total. The lowest BCUT2D eigenvalue weighted by Crippen LogP contribution is -2.32. The Hall–Kier alpha value is -2.74. The molecular formula is C14H14N4O. The number of H-pyrrole nitrogens is 1. The first-order valence-electron chi connectivity index (χ1n) is 5.90. The quantitative estimate of drug-likeness (QED) is 0.876. The van der Waals surface area contributed by atoms with Crippen LogP contribution in [0.3, 0.4) is 0 Å². The third kappa shape index (κ3) is 2.93. The Kier molecular flexibility index (Phi) is 3.84. The Morgan fingerprint density at radius 3 is 2.68 bits per heavy atom. The molecule has 1 aromatic heterocycles. The van der Waals surface area contributed by atoms with Crippen LogP contribution in [0.25, 0.3) is 0 Å². The summed E-state index contributed by atoms with van der Waals surface area (Å²) >= 11 is 0. The van der Waals surface area contributed by atoms with Gasteiger partial charge in [-0.1, -0.05) is 18.2 Å². The van der Waals surface area contributed by atoms with E-state index in [9.17, 15) is 4.79 Å². The number of hydrogen-bond donors (Lipinski definition) is 2. The Balaban J connectivity index is 2.28. The summed E-state index contributed by atoms with van der Waals surface area (Å²) < 4.78 is 0. The average molecular weight is 254 g/mol. The standard InChI is InChI=1S/C14H14N4O/c15-7-4-8-18(12-5-2-1-3-6-12)14(19)13-9-11(16)10-17-13/h1-3,5-6,9-10,17H,4,8,16H2. The third-order valence-electron chi connectivity index (χ3n) is 2.70. The summed E-state index contributed by atoms with van der Waals surface area (Å²) in [6.07, 6.45) is 1.84. The van der Waals surface area contributed by atoms with Gasteiger partial charge in [0, 0.05) is 24.1 Å². The van der Waals surface area contributed by atoms with E-state index in [-0.39, 0.29) is 12.3 Å². The van der Waals surface area contributed by atoms with E-state index in [2.05, 4.69) is 11.1 Å². The van der Waals surface area contributed by atoms with Crippen molar-refractivity contribution < 1.29 is 4.79 Å². The van der Waals surface area contributed by atoms with Gasteiger partial charge in [0.15, 0.2) is 0 Å². The number of nitrogen functional groups attached to an aromatic ring is 1. The van der Waals surface area contributed by atoms with Gasteiger partial charge in [-0.25, -0.2) is 0 Å². The Morgan fingerprint density at radius 2 is 2.11 bits per heavy atom. The molecule has 0 saturated carbocycles. The second-order valence-electron chi connectivity index (χ2n) is 4.05. The summed E-state index contributed by atoms with van der Waals surface area (Å²) in [4.78, 5) is 16.8. The van der Waals surface area contributed by atoms with Crippen molar-refractivity contribution in [2.45, 2.75) is 6.42 Å². The zero-order valence-corrected chi connectivity index (χ0v) is 10.3. The van der Waals surface area contributed by atoms with Crippen molar-refractivity contribution in [1.29, 1.82) is 5.26 Å². The number of aromatic nitrogens is 1. The summed E-state index contributed by atoms with van der Waals surface area (Å²) in [5.41, 5.74) is 7.29. The van der Waals surface area contributed by atoms with Crippen LogP contribution in [0.4, 0.5) is 11.4 Å². The molecule has 1 amide bonds. The Labute approximate surface area is 111 Å². The highest BCUT2D eigenvalue weighted by Crippen LogP contribution is 2.17. The normalized spacial score (nSPS) is 9.84. The number of amides is 1. The molecular weight excluding hydrogens is 240 g/mol. The van der Waals surface area contributed by atoms with Gasteiger partial charge < -0.3 is 15.6 Å². The third-order valence-corrected chi connectivity index (χ3v) is 2.70. The molecule has 0 bridgehead atoms. The summed E-state index contributed by atoms with van der Waals surface area (Å²) in [6, 6.07) is 12.9. The molecule has 0 spiro atoms. The molecule has 0 atom stereocenters. The number of hydrogen-bond acceptors (Lipinski definition) is 3. The van der Waals surface area contributed by atoms with Crippen LogP contribution in [0, 0.1) is 11.3 Å². The molecule has 5 heteroatoms. The van der Waals surface area contributed by atoms with Crippen molar-refractivity contribution >= 4 is 17.3 Å². The van der Waals surface area contributed by atoms with Gasteiger partial charge in [-0.2, -0.15) is 5.26 Å². The van der Waals surface area contributed by atoms with Crippen LogP contribution in [-0.4, -0.2) is 17.4 Å². The van der Waals surface area contributed by atoms with Crippen LogP contribution >= 0.6 is 0 Å². The van der Waals surface area contributed by atoms with Crippen molar-refractivity contribution in [3.63, 3.8) is 0 Å². The van der Waals surface area contributed by atoms with E-state index in [1.807, 2.05) is 30.3 Å². The van der Waals surface area contributed by atoms with Crippen molar-refractivity contribution in [3.8, 4) is 6.07 Å². The van der Waals surface area contributed by atoms with Crippen molar-refractivity contribution in [2.75, 3.05) is 17.2 Å². The highest BCUT2D eigenvalue weighted by atomic mass is 16.2. The molecule has 0 unspecified atom stereocenters. The summed E-state index contributed by atoms with van der Waals surface area (Å²) in [5, 5.41) is 8.70. The van der Waals surface area contributed by atoms with E-state index < -0.39 is 0 Å². The highest BCUT2D eigenvalue weighted by Gasteiger charge is 2.18. The van der Waals surface area contributed by atoms with E-state index in [1.165, 1.54) is 0 Å². The number of anilines is 2. The molecule has 2 aromatic rings. The Bertz CT molecular complexity index is 597. The van der Waals surface area contributed by atoms with Crippen LogP contribution in [0.15, 0.2) is 42.6 Å². The molecule has 19 heavy (non-hydrogen) atoms. The molecule has 0 saturated heterocycles. The number of carbonyl (C=O) groups excluding carboxylic acids is 1. The number of benzene rings is 1. The number of nitrogens with one attached hydrogen (secondary N) is 1. The minimum atomic E-state index is -0.196. The van der Waals surface area contributed by atoms with Crippen LogP contribution in [-0.2, 0) is 0 Å². The van der Waals surface area contributed by atoms with E-state index in [0.717, 1.165) is 5.69 Å². The SMILES string of the molecule is N#CCCN(C(=O)c1cc(N)c[nH]1)c1ccccc1. The number of aromatic amines is 1. The maximum absolute atomic E-state index is 12.4. The van der Waals surface area contributed by atoms with Crippen LogP contribution in [0.5, 0.6) is 0 Å². The Morgan fingerprint density at radius 1 is 1.37 bits per heavy atom. The molecule has 1 heterocycles. The second kappa shape index (κ2) is 5.74. The first-order valence-corrected chi connectivity index (χ1v) is 5.90. The van der Waals surface area contributed by atoms with Gasteiger partial charge in [-0.15, -0.1) is 0 Å². The summed E-state index contributed by atoms with van der Waals surface area (Å²) in [6.45, 7) is 0.346. The topological polar surface area (TPSA) is 85.9 Å². The van der Waals surface area contributed by atoms with Crippen LogP contribution in [0.1, 0.15) is 16.9 Å². The maximum atomic E-state index is 12.4. The lowest BCUT2D eigenvalue weighted by molar-refractivity contribution is 0.0983. The molecule has 5 nitrogen and oxygen atoms in total. The minimum absolute atomic E-state index is 0.196. The molecule has 0 aliphatic carbocycles. The monoisotopic (exact) mass is 254 g/mol. The predicted octanol–water partition coefficient (Wildman–Crippen LogP) is 2.16. The van der Waals surface area contributed by atoms with Gasteiger partial charge in [0.1, 0.15) is 5.69 Å². The van der Waals surface area contributed by atoms with Crippen molar-refractivity contribution in [2.24, 2.45) is 0 Å². The fourth-order valence-corrected chi connectivity index (χ4v) is 1.80. The van der Waals surface area contributed by atoms with Gasteiger partial charge in [0.2, 0.25) is 0 Å². The first kappa shape index (κ1) is 12.7. The number of nitrogens with zero attached hydrogens (tertiary/aromatic N) is 2. The molecule has 0 fully saturated rings. The lowest BCUT2D eigenvalue weighted by atomic mass is 10.2. The number of nitriles is 1. The predicted molar refractivity (Wildman–Crippen MR) is 73.6 cm³/mol. The number of nitrogens with two attached hydrogens (primary N) is 1. The smallest absolute Gasteiger partial charge is 0.274 e. The van der Waals surface area contributed by atoms with E-state index in [4.69, 9.17) is 11.0 Å². The van der Waals surface area contributed by atoms with Gasteiger partial charge in [-0.3, -0.25) is 4.79 Å². The van der Waals surface area contributed by atoms with Crippen molar-refractivity contribution in [1.82, 2.24) is 4.98 Å². The van der Waals surface area contributed by atoms with Gasteiger partial charge in [0.05, 0.1) is 12.5 Å². The van der Waals surface area contributed by atoms with Gasteiger partial charge in [0.25, 0.3) is 5.91 Å². The van der Waals surface area contributed by atoms with E-state index in [0.29, 0.717) is 17.9 Å². The van der Waals surface area contributed by atoms with Crippen LogP contribution < -0.4 is 10.6 Å². The molecule has 0 aliphatic rings. The lowest BCUT2D eigenvalue weighted by Gasteiger charge is -2.21. The number of carbonyl (C=O) groups is 1. The van der Waals surface area contributed by atoms with E-state index in [1.54, 1.807) is 17.2 Å². The summed E-state index contributed by atoms with van der Waals surface area (Å²) in [7, 11) is 0. The molecule has 96 valence electrons. The van der Waals surface area contributed by atoms with Gasteiger partial charge >= 0.3 is 0 Å². The fourth-order valence-electron chi connectivity index (χ4n) is 1.80. The second-order valence-corrected chi connectivity index (χ2v) is 4.05.